The molecule has 0 unspecified atom stereocenters. The van der Waals surface area contributed by atoms with E-state index in [0.717, 1.165) is 51.9 Å². The fraction of sp³-hybridized carbons (Fsp3) is 0.905. The van der Waals surface area contributed by atoms with Crippen LogP contribution in [0.5, 0.6) is 0 Å². The number of amides is 1. The second-order valence-corrected chi connectivity index (χ2v) is 7.49. The van der Waals surface area contributed by atoms with Gasteiger partial charge < -0.3 is 9.80 Å². The number of piperidine rings is 2. The molecule has 4 heteroatoms. The van der Waals surface area contributed by atoms with Crippen molar-refractivity contribution >= 4 is 11.7 Å². The van der Waals surface area contributed by atoms with E-state index in [1.54, 1.807) is 0 Å². The summed E-state index contributed by atoms with van der Waals surface area (Å²) in [4.78, 5) is 26.7. The lowest BCUT2D eigenvalue weighted by Crippen LogP contribution is -2.35. The molecule has 0 aromatic heterocycles. The minimum Gasteiger partial charge on any atom is -0.343 e. The third-order valence-electron chi connectivity index (χ3n) is 5.19. The summed E-state index contributed by atoms with van der Waals surface area (Å²) < 4.78 is 0. The Morgan fingerprint density at radius 1 is 0.720 bits per heavy atom. The molecular formula is C21H40N2O2. The summed E-state index contributed by atoms with van der Waals surface area (Å²) in [5.41, 5.74) is 0. The molecule has 2 aliphatic rings. The van der Waals surface area contributed by atoms with E-state index >= 15 is 0 Å². The zero-order valence-corrected chi connectivity index (χ0v) is 16.7. The second-order valence-electron chi connectivity index (χ2n) is 7.49. The van der Waals surface area contributed by atoms with E-state index in [0.29, 0.717) is 11.7 Å². The van der Waals surface area contributed by atoms with Gasteiger partial charge in [-0.15, -0.1) is 0 Å². The lowest BCUT2D eigenvalue weighted by atomic mass is 10.1. The maximum atomic E-state index is 11.3. The van der Waals surface area contributed by atoms with Gasteiger partial charge in [0.05, 0.1) is 0 Å². The Kier molecular flexibility index (Phi) is 12.7. The predicted octanol–water partition coefficient (Wildman–Crippen LogP) is 4.42. The number of hydrogen-bond acceptors (Lipinski definition) is 3. The van der Waals surface area contributed by atoms with Crippen molar-refractivity contribution in [3.63, 3.8) is 0 Å². The summed E-state index contributed by atoms with van der Waals surface area (Å²) in [6.07, 6.45) is 13.6. The average molecular weight is 353 g/mol. The third-order valence-corrected chi connectivity index (χ3v) is 5.19. The van der Waals surface area contributed by atoms with Gasteiger partial charge in [-0.2, -0.15) is 0 Å². The molecule has 0 aromatic rings. The Morgan fingerprint density at radius 3 is 2.00 bits per heavy atom. The summed E-state index contributed by atoms with van der Waals surface area (Å²) in [5.74, 6) is 0.821. The van der Waals surface area contributed by atoms with Gasteiger partial charge in [0.1, 0.15) is 5.78 Å². The molecule has 2 heterocycles. The molecule has 0 radical (unpaired) electrons. The van der Waals surface area contributed by atoms with Crippen molar-refractivity contribution < 1.29 is 9.59 Å². The molecule has 4 nitrogen and oxygen atoms in total. The van der Waals surface area contributed by atoms with Crippen molar-refractivity contribution in [3.05, 3.63) is 0 Å². The molecule has 146 valence electrons. The predicted molar refractivity (Wildman–Crippen MR) is 105 cm³/mol. The molecule has 2 aliphatic heterocycles. The number of ketones is 1. The third kappa shape index (κ3) is 10.6. The first-order chi connectivity index (χ1) is 12.2. The van der Waals surface area contributed by atoms with Crippen molar-refractivity contribution in [3.8, 4) is 0 Å². The van der Waals surface area contributed by atoms with E-state index in [9.17, 15) is 9.59 Å². The van der Waals surface area contributed by atoms with Crippen molar-refractivity contribution in [2.75, 3.05) is 32.7 Å². The highest BCUT2D eigenvalue weighted by Gasteiger charge is 2.16. The van der Waals surface area contributed by atoms with Crippen molar-refractivity contribution in [2.24, 2.45) is 0 Å². The van der Waals surface area contributed by atoms with Crippen LogP contribution in [0.25, 0.3) is 0 Å². The van der Waals surface area contributed by atoms with E-state index < -0.39 is 0 Å². The average Bonchev–Trinajstić information content (AvgIpc) is 2.63. The van der Waals surface area contributed by atoms with Gasteiger partial charge in [0.25, 0.3) is 0 Å². The van der Waals surface area contributed by atoms with Gasteiger partial charge in [0.15, 0.2) is 0 Å². The molecule has 2 saturated heterocycles. The van der Waals surface area contributed by atoms with Gasteiger partial charge in [-0.05, 0) is 32.2 Å². The van der Waals surface area contributed by atoms with E-state index in [-0.39, 0.29) is 0 Å². The summed E-state index contributed by atoms with van der Waals surface area (Å²) in [6, 6.07) is 0. The molecule has 0 aliphatic carbocycles. The highest BCUT2D eigenvalue weighted by molar-refractivity contribution is 5.79. The number of unbranched alkanes of at least 4 members (excludes halogenated alkanes) is 5. The minimum absolute atomic E-state index is 0.373. The van der Waals surface area contributed by atoms with E-state index in [1.807, 2.05) is 4.90 Å². The van der Waals surface area contributed by atoms with Crippen LogP contribution in [0.2, 0.25) is 0 Å². The van der Waals surface area contributed by atoms with Gasteiger partial charge in [-0.3, -0.25) is 9.59 Å². The van der Waals surface area contributed by atoms with Gasteiger partial charge in [0, 0.05) is 45.4 Å². The second kappa shape index (κ2) is 14.3. The van der Waals surface area contributed by atoms with Crippen LogP contribution in [-0.4, -0.2) is 54.2 Å². The number of Topliss-reactive ketones (excluding diaryl/α,β-unsaturated/α-hetero) is 1. The zero-order valence-electron chi connectivity index (χ0n) is 16.7. The van der Waals surface area contributed by atoms with Gasteiger partial charge in [0.2, 0.25) is 5.91 Å². The van der Waals surface area contributed by atoms with Crippen LogP contribution in [0.4, 0.5) is 0 Å². The van der Waals surface area contributed by atoms with Crippen LogP contribution in [0.3, 0.4) is 0 Å². The number of likely N-dealkylation sites (tertiary alicyclic amines) is 2. The number of carbonyl (C=O) groups is 2. The quantitative estimate of drug-likeness (QED) is 0.577. The van der Waals surface area contributed by atoms with Gasteiger partial charge >= 0.3 is 0 Å². The largest absolute Gasteiger partial charge is 0.343 e. The SMILES string of the molecule is CCCCCCN1CCC(=O)CC1.CCCCCN1CCCCC1=O. The van der Waals surface area contributed by atoms with E-state index in [1.165, 1.54) is 57.9 Å². The summed E-state index contributed by atoms with van der Waals surface area (Å²) in [7, 11) is 0. The fourth-order valence-electron chi connectivity index (χ4n) is 3.44. The first kappa shape index (κ1) is 22.1. The normalized spacial score (nSPS) is 18.9. The van der Waals surface area contributed by atoms with Crippen molar-refractivity contribution in [1.29, 1.82) is 0 Å². The first-order valence-corrected chi connectivity index (χ1v) is 10.7. The van der Waals surface area contributed by atoms with Gasteiger partial charge in [-0.1, -0.05) is 46.0 Å². The van der Waals surface area contributed by atoms with Crippen LogP contribution < -0.4 is 0 Å². The Labute approximate surface area is 155 Å². The minimum atomic E-state index is 0.373. The summed E-state index contributed by atoms with van der Waals surface area (Å²) in [5, 5.41) is 0. The van der Waals surface area contributed by atoms with Crippen LogP contribution in [0, 0.1) is 0 Å². The highest BCUT2D eigenvalue weighted by Crippen LogP contribution is 2.11. The van der Waals surface area contributed by atoms with E-state index in [2.05, 4.69) is 18.7 Å². The Morgan fingerprint density at radius 2 is 1.36 bits per heavy atom. The van der Waals surface area contributed by atoms with Crippen LogP contribution in [0.15, 0.2) is 0 Å². The lowest BCUT2D eigenvalue weighted by Gasteiger charge is -2.26. The Hall–Kier alpha value is -0.900. The van der Waals surface area contributed by atoms with Crippen molar-refractivity contribution in [1.82, 2.24) is 9.80 Å². The zero-order chi connectivity index (χ0) is 18.3. The van der Waals surface area contributed by atoms with Crippen LogP contribution in [-0.2, 0) is 9.59 Å². The monoisotopic (exact) mass is 352 g/mol. The first-order valence-electron chi connectivity index (χ1n) is 10.7. The van der Waals surface area contributed by atoms with E-state index in [4.69, 9.17) is 0 Å². The molecule has 0 atom stereocenters. The maximum Gasteiger partial charge on any atom is 0.222 e. The van der Waals surface area contributed by atoms with Crippen LogP contribution in [0.1, 0.15) is 90.9 Å². The lowest BCUT2D eigenvalue weighted by molar-refractivity contribution is -0.133. The molecule has 0 N–H and O–H groups in total. The molecule has 25 heavy (non-hydrogen) atoms. The number of carbonyl (C=O) groups excluding carboxylic acids is 2. The molecule has 1 amide bonds. The summed E-state index contributed by atoms with van der Waals surface area (Å²) in [6.45, 7) is 9.63. The smallest absolute Gasteiger partial charge is 0.222 e. The number of hydrogen-bond donors (Lipinski definition) is 0. The number of rotatable bonds is 9. The molecule has 0 bridgehead atoms. The van der Waals surface area contributed by atoms with Gasteiger partial charge in [-0.25, -0.2) is 0 Å². The molecule has 2 fully saturated rings. The highest BCUT2D eigenvalue weighted by atomic mass is 16.2. The maximum absolute atomic E-state index is 11.3. The fourth-order valence-corrected chi connectivity index (χ4v) is 3.44. The molecule has 0 saturated carbocycles. The van der Waals surface area contributed by atoms with Crippen molar-refractivity contribution in [2.45, 2.75) is 90.9 Å². The number of nitrogens with zero attached hydrogens (tertiary/aromatic N) is 2. The van der Waals surface area contributed by atoms with Crippen LogP contribution >= 0.6 is 0 Å². The molecule has 2 rings (SSSR count). The molecule has 0 aromatic carbocycles. The molecular weight excluding hydrogens is 312 g/mol. The topological polar surface area (TPSA) is 40.6 Å². The Balaban J connectivity index is 0.000000251. The standard InChI is InChI=1S/C11H21NO.C10H19NO/c1-2-3-4-5-8-12-9-6-11(13)7-10-12;1-2-3-5-8-11-9-6-4-7-10(11)12/h2-10H2,1H3;2-9H2,1H3. The molecule has 0 spiro atoms. The Bertz CT molecular complexity index is 361. The summed E-state index contributed by atoms with van der Waals surface area (Å²) >= 11 is 0.